The van der Waals surface area contributed by atoms with Gasteiger partial charge in [-0.05, 0) is 74.4 Å². The zero-order valence-electron chi connectivity index (χ0n) is 19.0. The number of aldehydes is 1. The van der Waals surface area contributed by atoms with Crippen LogP contribution in [0.1, 0.15) is 56.6 Å². The third-order valence-corrected chi connectivity index (χ3v) is 6.56. The standard InChI is InChI=1S/C26H33N3O3/c1-3-19-14-22(17-30)29(16-18-8-11-21(27)12-9-18)28-26(19)20-10-13-24(31-2)25(15-20)32-23-6-4-5-7-23/h8-13,15,17,19,22-23H,3-7,14,16,27H2,1-2H3. The fourth-order valence-corrected chi connectivity index (χ4v) is 4.67. The second kappa shape index (κ2) is 10.1. The van der Waals surface area contributed by atoms with E-state index in [1.165, 1.54) is 12.8 Å². The molecular weight excluding hydrogens is 402 g/mol. The molecule has 0 aromatic heterocycles. The van der Waals surface area contributed by atoms with Crippen molar-refractivity contribution in [2.45, 2.75) is 64.1 Å². The van der Waals surface area contributed by atoms with Crippen molar-refractivity contribution < 1.29 is 14.3 Å². The molecule has 1 heterocycles. The van der Waals surface area contributed by atoms with Crippen LogP contribution in [0.5, 0.6) is 11.5 Å². The molecule has 4 rings (SSSR count). The molecule has 2 aromatic rings. The molecule has 2 unspecified atom stereocenters. The summed E-state index contributed by atoms with van der Waals surface area (Å²) in [6.45, 7) is 2.71. The number of nitrogen functional groups attached to an aromatic ring is 1. The highest BCUT2D eigenvalue weighted by Gasteiger charge is 2.31. The summed E-state index contributed by atoms with van der Waals surface area (Å²) in [5.41, 5.74) is 9.65. The minimum Gasteiger partial charge on any atom is -0.493 e. The van der Waals surface area contributed by atoms with Gasteiger partial charge in [-0.25, -0.2) is 0 Å². The van der Waals surface area contributed by atoms with Crippen molar-refractivity contribution in [2.75, 3.05) is 12.8 Å². The highest BCUT2D eigenvalue weighted by atomic mass is 16.5. The molecule has 1 aliphatic carbocycles. The number of benzene rings is 2. The topological polar surface area (TPSA) is 77.2 Å². The van der Waals surface area contributed by atoms with Crippen LogP contribution in [0.3, 0.4) is 0 Å². The summed E-state index contributed by atoms with van der Waals surface area (Å²) in [6.07, 6.45) is 7.53. The van der Waals surface area contributed by atoms with E-state index in [4.69, 9.17) is 20.3 Å². The van der Waals surface area contributed by atoms with Crippen molar-refractivity contribution in [3.8, 4) is 11.5 Å². The number of hydrazone groups is 1. The Morgan fingerprint density at radius 1 is 1.12 bits per heavy atom. The minimum atomic E-state index is -0.242. The third kappa shape index (κ3) is 4.90. The summed E-state index contributed by atoms with van der Waals surface area (Å²) < 4.78 is 11.9. The van der Waals surface area contributed by atoms with E-state index in [2.05, 4.69) is 13.0 Å². The monoisotopic (exact) mass is 435 g/mol. The van der Waals surface area contributed by atoms with E-state index in [0.717, 1.165) is 66.0 Å². The quantitative estimate of drug-likeness (QED) is 0.476. The van der Waals surface area contributed by atoms with Crippen molar-refractivity contribution in [3.05, 3.63) is 53.6 Å². The van der Waals surface area contributed by atoms with Gasteiger partial charge in [0, 0.05) is 17.2 Å². The Hall–Kier alpha value is -3.02. The van der Waals surface area contributed by atoms with E-state index in [1.807, 2.05) is 41.4 Å². The molecule has 0 spiro atoms. The highest BCUT2D eigenvalue weighted by molar-refractivity contribution is 6.03. The Morgan fingerprint density at radius 2 is 1.88 bits per heavy atom. The number of anilines is 1. The molecule has 2 N–H and O–H groups in total. The molecule has 32 heavy (non-hydrogen) atoms. The lowest BCUT2D eigenvalue weighted by molar-refractivity contribution is -0.113. The predicted molar refractivity (Wildman–Crippen MR) is 127 cm³/mol. The first-order valence-electron chi connectivity index (χ1n) is 11.6. The van der Waals surface area contributed by atoms with E-state index >= 15 is 0 Å². The molecule has 2 atom stereocenters. The first-order chi connectivity index (χ1) is 15.6. The lowest BCUT2D eigenvalue weighted by Gasteiger charge is -2.35. The van der Waals surface area contributed by atoms with Crippen molar-refractivity contribution in [2.24, 2.45) is 11.0 Å². The number of nitrogens with zero attached hydrogens (tertiary/aromatic N) is 2. The molecule has 6 heteroatoms. The SMILES string of the molecule is CCC1CC(C=O)N(Cc2ccc(N)cc2)N=C1c1ccc(OC)c(OC2CCCC2)c1. The number of carbonyl (C=O) groups excluding carboxylic acids is 1. The molecule has 0 radical (unpaired) electrons. The van der Waals surface area contributed by atoms with Crippen LogP contribution in [0.2, 0.25) is 0 Å². The summed E-state index contributed by atoms with van der Waals surface area (Å²) in [7, 11) is 1.67. The average Bonchev–Trinajstić information content (AvgIpc) is 3.33. The van der Waals surface area contributed by atoms with E-state index in [9.17, 15) is 4.79 Å². The van der Waals surface area contributed by atoms with Gasteiger partial charge < -0.3 is 20.0 Å². The number of methoxy groups -OCH3 is 1. The summed E-state index contributed by atoms with van der Waals surface area (Å²) in [5, 5.41) is 6.90. The molecule has 1 saturated carbocycles. The van der Waals surface area contributed by atoms with E-state index in [1.54, 1.807) is 7.11 Å². The maximum Gasteiger partial charge on any atom is 0.162 e. The maximum atomic E-state index is 11.9. The normalized spacial score (nSPS) is 21.3. The Balaban J connectivity index is 1.66. The van der Waals surface area contributed by atoms with Crippen molar-refractivity contribution in [1.29, 1.82) is 0 Å². The molecule has 2 aromatic carbocycles. The second-order valence-corrected chi connectivity index (χ2v) is 8.76. The Kier molecular flexibility index (Phi) is 6.98. The molecule has 0 saturated heterocycles. The van der Waals surface area contributed by atoms with Crippen LogP contribution in [0.4, 0.5) is 5.69 Å². The molecule has 2 aliphatic rings. The van der Waals surface area contributed by atoms with Crippen LogP contribution in [0, 0.1) is 5.92 Å². The van der Waals surface area contributed by atoms with Crippen LogP contribution in [0.25, 0.3) is 0 Å². The molecule has 170 valence electrons. The van der Waals surface area contributed by atoms with Crippen molar-refractivity contribution >= 4 is 17.7 Å². The minimum absolute atomic E-state index is 0.209. The molecule has 1 fully saturated rings. The van der Waals surface area contributed by atoms with Crippen LogP contribution < -0.4 is 15.2 Å². The van der Waals surface area contributed by atoms with Crippen molar-refractivity contribution in [3.63, 3.8) is 0 Å². The Morgan fingerprint density at radius 3 is 2.53 bits per heavy atom. The van der Waals surface area contributed by atoms with Crippen LogP contribution >= 0.6 is 0 Å². The van der Waals surface area contributed by atoms with Crippen LogP contribution in [-0.2, 0) is 11.3 Å². The molecular formula is C26H33N3O3. The summed E-state index contributed by atoms with van der Waals surface area (Å²) in [6, 6.07) is 13.6. The first-order valence-corrected chi connectivity index (χ1v) is 11.6. The smallest absolute Gasteiger partial charge is 0.162 e. The molecule has 1 aliphatic heterocycles. The number of nitrogens with two attached hydrogens (primary N) is 1. The lowest BCUT2D eigenvalue weighted by Crippen LogP contribution is -2.41. The fourth-order valence-electron chi connectivity index (χ4n) is 4.67. The molecule has 0 amide bonds. The fraction of sp³-hybridized carbons (Fsp3) is 0.462. The Bertz CT molecular complexity index is 951. The van der Waals surface area contributed by atoms with Gasteiger partial charge in [-0.15, -0.1) is 0 Å². The zero-order valence-corrected chi connectivity index (χ0v) is 19.0. The van der Waals surface area contributed by atoms with Gasteiger partial charge in [0.15, 0.2) is 11.5 Å². The number of hydrogen-bond acceptors (Lipinski definition) is 6. The van der Waals surface area contributed by atoms with E-state index in [0.29, 0.717) is 6.54 Å². The number of ether oxygens (including phenoxy) is 2. The average molecular weight is 436 g/mol. The Labute approximate surface area is 190 Å². The van der Waals surface area contributed by atoms with Gasteiger partial charge in [-0.2, -0.15) is 5.10 Å². The van der Waals surface area contributed by atoms with Gasteiger partial charge in [-0.1, -0.05) is 19.1 Å². The van der Waals surface area contributed by atoms with E-state index < -0.39 is 0 Å². The van der Waals surface area contributed by atoms with Gasteiger partial charge >= 0.3 is 0 Å². The van der Waals surface area contributed by atoms with Gasteiger partial charge in [0.1, 0.15) is 12.3 Å². The van der Waals surface area contributed by atoms with Crippen LogP contribution in [0.15, 0.2) is 47.6 Å². The first kappa shape index (κ1) is 22.2. The zero-order chi connectivity index (χ0) is 22.5. The predicted octanol–water partition coefficient (Wildman–Crippen LogP) is 4.80. The summed E-state index contributed by atoms with van der Waals surface area (Å²) in [4.78, 5) is 11.9. The second-order valence-electron chi connectivity index (χ2n) is 8.76. The lowest BCUT2D eigenvalue weighted by atomic mass is 9.87. The number of hydrogen-bond donors (Lipinski definition) is 1. The number of carbonyl (C=O) groups is 1. The van der Waals surface area contributed by atoms with Gasteiger partial charge in [0.25, 0.3) is 0 Å². The molecule has 0 bridgehead atoms. The van der Waals surface area contributed by atoms with Gasteiger partial charge in [-0.3, -0.25) is 5.01 Å². The molecule has 6 nitrogen and oxygen atoms in total. The van der Waals surface area contributed by atoms with Crippen LogP contribution in [-0.4, -0.2) is 36.3 Å². The number of rotatable bonds is 8. The van der Waals surface area contributed by atoms with Crippen molar-refractivity contribution in [1.82, 2.24) is 5.01 Å². The summed E-state index contributed by atoms with van der Waals surface area (Å²) in [5.74, 6) is 1.73. The largest absolute Gasteiger partial charge is 0.493 e. The third-order valence-electron chi connectivity index (χ3n) is 6.56. The van der Waals surface area contributed by atoms with Gasteiger partial charge in [0.05, 0.1) is 25.5 Å². The van der Waals surface area contributed by atoms with Gasteiger partial charge in [0.2, 0.25) is 0 Å². The maximum absolute atomic E-state index is 11.9. The van der Waals surface area contributed by atoms with E-state index in [-0.39, 0.29) is 18.1 Å². The highest BCUT2D eigenvalue weighted by Crippen LogP contribution is 2.35. The summed E-state index contributed by atoms with van der Waals surface area (Å²) >= 11 is 0.